The zero-order valence-electron chi connectivity index (χ0n) is 23.6. The molecule has 1 unspecified atom stereocenters. The van der Waals surface area contributed by atoms with Gasteiger partial charge in [-0.15, -0.1) is 0 Å². The van der Waals surface area contributed by atoms with E-state index in [1.165, 1.54) is 44.6 Å². The predicted molar refractivity (Wildman–Crippen MR) is 153 cm³/mol. The van der Waals surface area contributed by atoms with Crippen molar-refractivity contribution < 1.29 is 9.47 Å². The lowest BCUT2D eigenvalue weighted by Crippen LogP contribution is -2.48. The third-order valence-corrected chi connectivity index (χ3v) is 8.82. The number of rotatable bonds is 6. The predicted octanol–water partition coefficient (Wildman–Crippen LogP) is 7.34. The molecule has 5 rings (SSSR count). The fraction of sp³-hybridized carbons (Fsp3) is 0.455. The quantitative estimate of drug-likeness (QED) is 0.385. The number of nitrogens with one attached hydrogen (secondary N) is 1. The highest BCUT2D eigenvalue weighted by Gasteiger charge is 2.52. The summed E-state index contributed by atoms with van der Waals surface area (Å²) in [7, 11) is 3.93. The van der Waals surface area contributed by atoms with E-state index in [-0.39, 0.29) is 11.5 Å². The number of anilines is 1. The van der Waals surface area contributed by atoms with E-state index in [0.717, 1.165) is 44.0 Å². The van der Waals surface area contributed by atoms with Crippen LogP contribution in [0.5, 0.6) is 11.5 Å². The molecular formula is C33H42N2O2. The van der Waals surface area contributed by atoms with Gasteiger partial charge in [-0.25, -0.2) is 0 Å². The van der Waals surface area contributed by atoms with Crippen molar-refractivity contribution in [2.45, 2.75) is 71.4 Å². The molecule has 4 heteroatoms. The summed E-state index contributed by atoms with van der Waals surface area (Å²) in [5.41, 5.74) is 10.3. The van der Waals surface area contributed by atoms with Crippen molar-refractivity contribution in [3.63, 3.8) is 0 Å². The van der Waals surface area contributed by atoms with Crippen molar-refractivity contribution in [1.29, 1.82) is 0 Å². The van der Waals surface area contributed by atoms with E-state index < -0.39 is 0 Å². The van der Waals surface area contributed by atoms with Gasteiger partial charge in [0.2, 0.25) is 0 Å². The van der Waals surface area contributed by atoms with Gasteiger partial charge >= 0.3 is 0 Å². The Morgan fingerprint density at radius 1 is 0.946 bits per heavy atom. The molecule has 1 atom stereocenters. The summed E-state index contributed by atoms with van der Waals surface area (Å²) in [6.07, 6.45) is 2.09. The Balaban J connectivity index is 1.57. The van der Waals surface area contributed by atoms with Crippen LogP contribution in [-0.4, -0.2) is 37.7 Å². The molecular weight excluding hydrogens is 456 g/mol. The molecule has 0 radical (unpaired) electrons. The maximum Gasteiger partial charge on any atom is 0.127 e. The minimum Gasteiger partial charge on any atom is -0.497 e. The maximum absolute atomic E-state index is 7.10. The number of hydrogen-bond donors (Lipinski definition) is 1. The standard InChI is InChI=1S/C33H42N2O2/c1-21(2)26-10-12-27(13-11-26)30-29-24(5)31(34-20-25-8-14-28(36-7)15-9-25)22(3)23(4)32(29)37-33(30)16-18-35(6)19-17-33/h8-15,21,30,34H,16-20H2,1-7H3. The second kappa shape index (κ2) is 10.1. The highest BCUT2D eigenvalue weighted by Crippen LogP contribution is 2.56. The molecule has 1 saturated heterocycles. The number of piperidine rings is 1. The van der Waals surface area contributed by atoms with Crippen LogP contribution in [0.4, 0.5) is 5.69 Å². The Labute approximate surface area is 223 Å². The molecule has 0 aliphatic carbocycles. The molecule has 37 heavy (non-hydrogen) atoms. The third-order valence-electron chi connectivity index (χ3n) is 8.82. The number of methoxy groups -OCH3 is 1. The zero-order chi connectivity index (χ0) is 26.3. The topological polar surface area (TPSA) is 33.7 Å². The van der Waals surface area contributed by atoms with Gasteiger partial charge in [-0.2, -0.15) is 0 Å². The first-order valence-electron chi connectivity index (χ1n) is 13.7. The zero-order valence-corrected chi connectivity index (χ0v) is 23.6. The summed E-state index contributed by atoms with van der Waals surface area (Å²) in [6, 6.07) is 17.7. The number of hydrogen-bond acceptors (Lipinski definition) is 4. The molecule has 3 aromatic rings. The van der Waals surface area contributed by atoms with Crippen molar-refractivity contribution in [3.8, 4) is 11.5 Å². The van der Waals surface area contributed by atoms with Crippen molar-refractivity contribution in [2.75, 3.05) is 32.6 Å². The van der Waals surface area contributed by atoms with Gasteiger partial charge in [0.25, 0.3) is 0 Å². The van der Waals surface area contributed by atoms with E-state index in [4.69, 9.17) is 9.47 Å². The van der Waals surface area contributed by atoms with Gasteiger partial charge in [0, 0.05) is 43.7 Å². The lowest BCUT2D eigenvalue weighted by molar-refractivity contribution is 0.0145. The molecule has 0 saturated carbocycles. The van der Waals surface area contributed by atoms with E-state index in [9.17, 15) is 0 Å². The molecule has 1 N–H and O–H groups in total. The molecule has 2 aliphatic rings. The van der Waals surface area contributed by atoms with Gasteiger partial charge in [-0.1, -0.05) is 50.2 Å². The molecule has 2 heterocycles. The normalized spacial score (nSPS) is 18.6. The van der Waals surface area contributed by atoms with Crippen LogP contribution in [0.25, 0.3) is 0 Å². The Morgan fingerprint density at radius 2 is 1.59 bits per heavy atom. The van der Waals surface area contributed by atoms with Gasteiger partial charge in [0.15, 0.2) is 0 Å². The van der Waals surface area contributed by atoms with E-state index in [1.54, 1.807) is 7.11 Å². The molecule has 1 fully saturated rings. The molecule has 1 spiro atoms. The second-order valence-corrected chi connectivity index (χ2v) is 11.4. The first-order chi connectivity index (χ1) is 17.7. The second-order valence-electron chi connectivity index (χ2n) is 11.4. The summed E-state index contributed by atoms with van der Waals surface area (Å²) < 4.78 is 12.4. The van der Waals surface area contributed by atoms with Crippen molar-refractivity contribution in [3.05, 3.63) is 87.5 Å². The molecule has 0 amide bonds. The maximum atomic E-state index is 7.10. The summed E-state index contributed by atoms with van der Waals surface area (Å²) >= 11 is 0. The van der Waals surface area contributed by atoms with Gasteiger partial charge in [-0.05, 0) is 79.3 Å². The van der Waals surface area contributed by atoms with Crippen LogP contribution in [-0.2, 0) is 6.54 Å². The van der Waals surface area contributed by atoms with E-state index >= 15 is 0 Å². The monoisotopic (exact) mass is 498 g/mol. The first-order valence-corrected chi connectivity index (χ1v) is 13.7. The van der Waals surface area contributed by atoms with Crippen molar-refractivity contribution in [2.24, 2.45) is 0 Å². The van der Waals surface area contributed by atoms with E-state index in [1.807, 2.05) is 12.1 Å². The highest BCUT2D eigenvalue weighted by atomic mass is 16.5. The summed E-state index contributed by atoms with van der Waals surface area (Å²) in [5, 5.41) is 3.80. The van der Waals surface area contributed by atoms with Crippen LogP contribution >= 0.6 is 0 Å². The number of fused-ring (bicyclic) bond motifs is 1. The van der Waals surface area contributed by atoms with Crippen molar-refractivity contribution in [1.82, 2.24) is 4.90 Å². The smallest absolute Gasteiger partial charge is 0.127 e. The molecule has 2 aliphatic heterocycles. The molecule has 4 nitrogen and oxygen atoms in total. The minimum atomic E-state index is -0.190. The van der Waals surface area contributed by atoms with Crippen LogP contribution in [0, 0.1) is 20.8 Å². The van der Waals surface area contributed by atoms with Crippen molar-refractivity contribution >= 4 is 5.69 Å². The van der Waals surface area contributed by atoms with Crippen LogP contribution in [0.15, 0.2) is 48.5 Å². The average molecular weight is 499 g/mol. The minimum absolute atomic E-state index is 0.190. The fourth-order valence-electron chi connectivity index (χ4n) is 6.28. The Bertz CT molecular complexity index is 1250. The highest BCUT2D eigenvalue weighted by molar-refractivity contribution is 5.71. The summed E-state index contributed by atoms with van der Waals surface area (Å²) in [4.78, 5) is 2.43. The molecule has 196 valence electrons. The Morgan fingerprint density at radius 3 is 2.19 bits per heavy atom. The number of benzene rings is 3. The summed E-state index contributed by atoms with van der Waals surface area (Å²) in [5.74, 6) is 2.76. The Hall–Kier alpha value is -2.98. The number of ether oxygens (including phenoxy) is 2. The molecule has 3 aromatic carbocycles. The first kappa shape index (κ1) is 25.7. The van der Waals surface area contributed by atoms with E-state index in [0.29, 0.717) is 5.92 Å². The Kier molecular flexibility index (Phi) is 6.97. The van der Waals surface area contributed by atoms with Gasteiger partial charge in [0.05, 0.1) is 13.0 Å². The van der Waals surface area contributed by atoms with Crippen LogP contribution in [0.1, 0.15) is 77.5 Å². The fourth-order valence-corrected chi connectivity index (χ4v) is 6.28. The largest absolute Gasteiger partial charge is 0.497 e. The van der Waals surface area contributed by atoms with E-state index in [2.05, 4.69) is 88.3 Å². The summed E-state index contributed by atoms with van der Waals surface area (Å²) in [6.45, 7) is 14.2. The average Bonchev–Trinajstić information content (AvgIpc) is 3.24. The van der Waals surface area contributed by atoms with Gasteiger partial charge in [0.1, 0.15) is 17.1 Å². The number of likely N-dealkylation sites (tertiary alicyclic amines) is 1. The molecule has 0 aromatic heterocycles. The van der Waals surface area contributed by atoms with Crippen LogP contribution < -0.4 is 14.8 Å². The third kappa shape index (κ3) is 4.61. The van der Waals surface area contributed by atoms with Crippen LogP contribution in [0.3, 0.4) is 0 Å². The molecule has 0 bridgehead atoms. The van der Waals surface area contributed by atoms with Gasteiger partial charge in [-0.3, -0.25) is 0 Å². The lowest BCUT2D eigenvalue weighted by Gasteiger charge is -2.41. The lowest BCUT2D eigenvalue weighted by atomic mass is 9.72. The SMILES string of the molecule is COc1ccc(CNc2c(C)c(C)c3c(c2C)C(c2ccc(C(C)C)cc2)C2(CCN(C)CC2)O3)cc1. The van der Waals surface area contributed by atoms with Crippen LogP contribution in [0.2, 0.25) is 0 Å². The van der Waals surface area contributed by atoms with Gasteiger partial charge < -0.3 is 19.7 Å². The number of nitrogens with zero attached hydrogens (tertiary/aromatic N) is 1.